The lowest BCUT2D eigenvalue weighted by Crippen LogP contribution is -2.33. The van der Waals surface area contributed by atoms with Crippen LogP contribution in [0.5, 0.6) is 0 Å². The Morgan fingerprint density at radius 3 is 2.43 bits per heavy atom. The zero-order valence-electron chi connectivity index (χ0n) is 11.7. The Kier molecular flexibility index (Phi) is 4.76. The minimum Gasteiger partial charge on any atom is -0.308 e. The van der Waals surface area contributed by atoms with Gasteiger partial charge in [0.1, 0.15) is 0 Å². The number of halogens is 1. The monoisotopic (exact) mass is 362 g/mol. The van der Waals surface area contributed by atoms with Crippen LogP contribution in [0.3, 0.4) is 0 Å². The van der Waals surface area contributed by atoms with Gasteiger partial charge in [0.15, 0.2) is 0 Å². The summed E-state index contributed by atoms with van der Waals surface area (Å²) in [7, 11) is 0. The van der Waals surface area contributed by atoms with Gasteiger partial charge in [-0.2, -0.15) is 0 Å². The number of amides is 3. The molecule has 0 aliphatic carbocycles. The van der Waals surface area contributed by atoms with E-state index in [-0.39, 0.29) is 0 Å². The molecule has 0 bridgehead atoms. The van der Waals surface area contributed by atoms with Gasteiger partial charge in [-0.1, -0.05) is 17.7 Å². The molecular formula is C16H11ClN2O2S2. The fraction of sp³-hybridized carbons (Fsp3) is 0. The highest BCUT2D eigenvalue weighted by Crippen LogP contribution is 2.31. The van der Waals surface area contributed by atoms with Crippen LogP contribution in [0.25, 0.3) is 9.75 Å². The molecule has 3 aromatic rings. The molecule has 3 amide bonds. The first-order chi connectivity index (χ1) is 11.1. The van der Waals surface area contributed by atoms with Gasteiger partial charge in [0.25, 0.3) is 5.91 Å². The number of hydrogen-bond donors (Lipinski definition) is 2. The van der Waals surface area contributed by atoms with Crippen molar-refractivity contribution in [2.75, 3.05) is 5.32 Å². The average Bonchev–Trinajstić information content (AvgIpc) is 3.20. The predicted molar refractivity (Wildman–Crippen MR) is 95.6 cm³/mol. The number of nitrogens with one attached hydrogen (secondary N) is 2. The summed E-state index contributed by atoms with van der Waals surface area (Å²) in [6.45, 7) is 0. The quantitative estimate of drug-likeness (QED) is 0.681. The second kappa shape index (κ2) is 6.95. The molecule has 0 radical (unpaired) electrons. The molecule has 2 N–H and O–H groups in total. The van der Waals surface area contributed by atoms with Crippen LogP contribution in [0.4, 0.5) is 10.5 Å². The molecule has 2 aromatic heterocycles. The zero-order chi connectivity index (χ0) is 16.2. The smallest absolute Gasteiger partial charge is 0.308 e. The molecule has 116 valence electrons. The Balaban J connectivity index is 1.62. The van der Waals surface area contributed by atoms with Crippen molar-refractivity contribution in [1.82, 2.24) is 5.32 Å². The van der Waals surface area contributed by atoms with Crippen molar-refractivity contribution in [3.05, 3.63) is 63.8 Å². The normalized spacial score (nSPS) is 10.3. The number of benzene rings is 1. The SMILES string of the molecule is O=C(NC(=O)c1ccc(-c2cccs2)s1)Nc1ccc(Cl)cc1. The Bertz CT molecular complexity index is 826. The van der Waals surface area contributed by atoms with Gasteiger partial charge in [0.05, 0.1) is 4.88 Å². The summed E-state index contributed by atoms with van der Waals surface area (Å²) in [5.74, 6) is -0.427. The van der Waals surface area contributed by atoms with Crippen molar-refractivity contribution in [1.29, 1.82) is 0 Å². The largest absolute Gasteiger partial charge is 0.326 e. The lowest BCUT2D eigenvalue weighted by atomic mass is 10.3. The fourth-order valence-corrected chi connectivity index (χ4v) is 3.73. The van der Waals surface area contributed by atoms with Crippen molar-refractivity contribution in [3.63, 3.8) is 0 Å². The van der Waals surface area contributed by atoms with Crippen LogP contribution in [0.1, 0.15) is 9.67 Å². The molecule has 0 unspecified atom stereocenters. The Morgan fingerprint density at radius 1 is 0.957 bits per heavy atom. The summed E-state index contributed by atoms with van der Waals surface area (Å²) in [6.07, 6.45) is 0. The van der Waals surface area contributed by atoms with Gasteiger partial charge in [-0.3, -0.25) is 10.1 Å². The second-order valence-corrected chi connectivity index (χ2v) is 7.02. The van der Waals surface area contributed by atoms with E-state index in [9.17, 15) is 9.59 Å². The average molecular weight is 363 g/mol. The Labute approximate surface area is 145 Å². The molecule has 3 rings (SSSR count). The highest BCUT2D eigenvalue weighted by Gasteiger charge is 2.14. The third-order valence-electron chi connectivity index (χ3n) is 2.92. The number of imide groups is 1. The number of thiophene rings is 2. The summed E-state index contributed by atoms with van der Waals surface area (Å²) in [5, 5.41) is 7.45. The standard InChI is InChI=1S/C16H11ClN2O2S2/c17-10-3-5-11(6-4-10)18-16(21)19-15(20)14-8-7-13(23-14)12-2-1-9-22-12/h1-9H,(H2,18,19,20,21). The first-order valence-corrected chi connectivity index (χ1v) is 8.71. The van der Waals surface area contributed by atoms with E-state index in [1.165, 1.54) is 11.3 Å². The van der Waals surface area contributed by atoms with E-state index in [0.29, 0.717) is 15.6 Å². The van der Waals surface area contributed by atoms with E-state index in [2.05, 4.69) is 10.6 Å². The lowest BCUT2D eigenvalue weighted by molar-refractivity contribution is 0.0971. The van der Waals surface area contributed by atoms with E-state index in [4.69, 9.17) is 11.6 Å². The maximum Gasteiger partial charge on any atom is 0.326 e. The van der Waals surface area contributed by atoms with Gasteiger partial charge in [-0.25, -0.2) is 4.79 Å². The van der Waals surface area contributed by atoms with Crippen molar-refractivity contribution in [3.8, 4) is 9.75 Å². The number of carbonyl (C=O) groups excluding carboxylic acids is 2. The summed E-state index contributed by atoms with van der Waals surface area (Å²) in [5.41, 5.74) is 0.560. The van der Waals surface area contributed by atoms with Gasteiger partial charge in [0, 0.05) is 20.5 Å². The molecule has 0 atom stereocenters. The van der Waals surface area contributed by atoms with Crippen LogP contribution < -0.4 is 10.6 Å². The van der Waals surface area contributed by atoms with Gasteiger partial charge in [0.2, 0.25) is 0 Å². The molecule has 23 heavy (non-hydrogen) atoms. The molecule has 0 saturated carbocycles. The molecule has 7 heteroatoms. The van der Waals surface area contributed by atoms with E-state index in [1.54, 1.807) is 41.7 Å². The predicted octanol–water partition coefficient (Wildman–Crippen LogP) is 5.09. The number of anilines is 1. The highest BCUT2D eigenvalue weighted by molar-refractivity contribution is 7.22. The second-order valence-electron chi connectivity index (χ2n) is 4.56. The van der Waals surface area contributed by atoms with Crippen LogP contribution in [0, 0.1) is 0 Å². The van der Waals surface area contributed by atoms with E-state index >= 15 is 0 Å². The number of urea groups is 1. The van der Waals surface area contributed by atoms with E-state index < -0.39 is 11.9 Å². The Hall–Kier alpha value is -2.15. The van der Waals surface area contributed by atoms with Crippen LogP contribution in [-0.2, 0) is 0 Å². The minimum absolute atomic E-state index is 0.427. The first kappa shape index (κ1) is 15.7. The molecule has 0 aliphatic heterocycles. The molecular weight excluding hydrogens is 352 g/mol. The van der Waals surface area contributed by atoms with E-state index in [0.717, 1.165) is 9.75 Å². The molecule has 0 fully saturated rings. The maximum atomic E-state index is 12.1. The molecule has 0 spiro atoms. The van der Waals surface area contributed by atoms with Crippen LogP contribution in [0.2, 0.25) is 5.02 Å². The van der Waals surface area contributed by atoms with Gasteiger partial charge < -0.3 is 5.32 Å². The zero-order valence-corrected chi connectivity index (χ0v) is 14.1. The molecule has 2 heterocycles. The lowest BCUT2D eigenvalue weighted by Gasteiger charge is -2.05. The number of rotatable bonds is 3. The van der Waals surface area contributed by atoms with Crippen LogP contribution in [0.15, 0.2) is 53.9 Å². The number of hydrogen-bond acceptors (Lipinski definition) is 4. The molecule has 0 aliphatic rings. The third-order valence-corrected chi connectivity index (χ3v) is 5.32. The maximum absolute atomic E-state index is 12.1. The fourth-order valence-electron chi connectivity index (χ4n) is 1.87. The number of carbonyl (C=O) groups is 2. The molecule has 0 saturated heterocycles. The van der Waals surface area contributed by atoms with Crippen LogP contribution in [-0.4, -0.2) is 11.9 Å². The van der Waals surface area contributed by atoms with Crippen molar-refractivity contribution in [2.45, 2.75) is 0 Å². The summed E-state index contributed by atoms with van der Waals surface area (Å²) >= 11 is 8.73. The summed E-state index contributed by atoms with van der Waals surface area (Å²) < 4.78 is 0. The van der Waals surface area contributed by atoms with Crippen molar-refractivity contribution >= 4 is 51.9 Å². The van der Waals surface area contributed by atoms with Crippen LogP contribution >= 0.6 is 34.3 Å². The van der Waals surface area contributed by atoms with Gasteiger partial charge >= 0.3 is 6.03 Å². The van der Waals surface area contributed by atoms with Gasteiger partial charge in [-0.15, -0.1) is 22.7 Å². The molecule has 4 nitrogen and oxygen atoms in total. The summed E-state index contributed by atoms with van der Waals surface area (Å²) in [6, 6.07) is 13.6. The topological polar surface area (TPSA) is 58.2 Å². The van der Waals surface area contributed by atoms with Crippen molar-refractivity contribution < 1.29 is 9.59 Å². The first-order valence-electron chi connectivity index (χ1n) is 6.63. The summed E-state index contributed by atoms with van der Waals surface area (Å²) in [4.78, 5) is 26.5. The molecule has 1 aromatic carbocycles. The van der Waals surface area contributed by atoms with E-state index in [1.807, 2.05) is 23.6 Å². The van der Waals surface area contributed by atoms with Gasteiger partial charge in [-0.05, 0) is 47.8 Å². The Morgan fingerprint density at radius 2 is 1.74 bits per heavy atom. The van der Waals surface area contributed by atoms with Crippen molar-refractivity contribution in [2.24, 2.45) is 0 Å². The highest BCUT2D eigenvalue weighted by atomic mass is 35.5. The third kappa shape index (κ3) is 3.98. The minimum atomic E-state index is -0.580.